The summed E-state index contributed by atoms with van der Waals surface area (Å²) in [4.78, 5) is 11.8. The molecule has 1 N–H and O–H groups in total. The molecule has 0 spiro atoms. The average molecular weight is 306 g/mol. The van der Waals surface area contributed by atoms with Crippen molar-refractivity contribution in [3.05, 3.63) is 29.3 Å². The Labute approximate surface area is 130 Å². The first-order valence-electron chi connectivity index (χ1n) is 7.21. The Morgan fingerprint density at radius 2 is 2.29 bits per heavy atom. The highest BCUT2D eigenvalue weighted by Gasteiger charge is 2.11. The summed E-state index contributed by atoms with van der Waals surface area (Å²) in [5.41, 5.74) is 5.86. The number of thioether (sulfide) groups is 1. The Morgan fingerprint density at radius 3 is 2.95 bits per heavy atom. The second-order valence-corrected chi connectivity index (χ2v) is 6.61. The summed E-state index contributed by atoms with van der Waals surface area (Å²) >= 11 is 1.84. The van der Waals surface area contributed by atoms with Crippen LogP contribution in [0.4, 0.5) is 0 Å². The molecule has 114 valence electrons. The van der Waals surface area contributed by atoms with Crippen LogP contribution in [0.25, 0.3) is 0 Å². The lowest BCUT2D eigenvalue weighted by molar-refractivity contribution is -0.123. The molecule has 0 bridgehead atoms. The van der Waals surface area contributed by atoms with Crippen molar-refractivity contribution in [3.63, 3.8) is 0 Å². The van der Waals surface area contributed by atoms with Crippen LogP contribution in [0, 0.1) is 6.92 Å². The zero-order valence-electron chi connectivity index (χ0n) is 12.8. The Kier molecular flexibility index (Phi) is 5.67. The first-order valence-corrected chi connectivity index (χ1v) is 8.37. The van der Waals surface area contributed by atoms with Crippen molar-refractivity contribution in [3.8, 4) is 5.75 Å². The first kappa shape index (κ1) is 15.9. The van der Waals surface area contributed by atoms with Gasteiger partial charge >= 0.3 is 0 Å². The molecule has 0 unspecified atom stereocenters. The van der Waals surface area contributed by atoms with Gasteiger partial charge in [-0.1, -0.05) is 26.0 Å². The van der Waals surface area contributed by atoms with Crippen LogP contribution in [-0.2, 0) is 4.79 Å². The number of nitrogens with zero attached hydrogens (tertiary/aromatic N) is 1. The molecule has 2 rings (SSSR count). The van der Waals surface area contributed by atoms with E-state index < -0.39 is 0 Å². The van der Waals surface area contributed by atoms with E-state index in [1.165, 1.54) is 0 Å². The van der Waals surface area contributed by atoms with Crippen molar-refractivity contribution in [2.45, 2.75) is 33.1 Å². The Bertz CT molecular complexity index is 533. The van der Waals surface area contributed by atoms with Crippen molar-refractivity contribution in [2.24, 2.45) is 5.10 Å². The predicted molar refractivity (Wildman–Crippen MR) is 88.3 cm³/mol. The molecule has 1 aromatic rings. The van der Waals surface area contributed by atoms with Crippen LogP contribution in [0.3, 0.4) is 0 Å². The van der Waals surface area contributed by atoms with Gasteiger partial charge in [0.05, 0.1) is 0 Å². The zero-order valence-corrected chi connectivity index (χ0v) is 13.6. The van der Waals surface area contributed by atoms with E-state index >= 15 is 0 Å². The van der Waals surface area contributed by atoms with Crippen molar-refractivity contribution in [2.75, 3.05) is 18.1 Å². The van der Waals surface area contributed by atoms with Gasteiger partial charge in [0.2, 0.25) is 0 Å². The lowest BCUT2D eigenvalue weighted by Crippen LogP contribution is -2.26. The zero-order chi connectivity index (χ0) is 15.2. The summed E-state index contributed by atoms with van der Waals surface area (Å²) in [7, 11) is 0. The van der Waals surface area contributed by atoms with Crippen LogP contribution in [0.5, 0.6) is 5.75 Å². The van der Waals surface area contributed by atoms with Gasteiger partial charge in [0.15, 0.2) is 6.61 Å². The Morgan fingerprint density at radius 1 is 1.48 bits per heavy atom. The molecule has 0 aromatic heterocycles. The van der Waals surface area contributed by atoms with Gasteiger partial charge in [0.25, 0.3) is 5.91 Å². The van der Waals surface area contributed by atoms with Gasteiger partial charge in [-0.2, -0.15) is 16.9 Å². The Balaban J connectivity index is 1.91. The molecule has 21 heavy (non-hydrogen) atoms. The van der Waals surface area contributed by atoms with E-state index in [1.807, 2.05) is 24.8 Å². The van der Waals surface area contributed by atoms with Crippen molar-refractivity contribution in [1.82, 2.24) is 5.43 Å². The summed E-state index contributed by atoms with van der Waals surface area (Å²) in [5, 5.41) is 4.13. The molecule has 1 heterocycles. The second kappa shape index (κ2) is 7.50. The number of hydrogen-bond donors (Lipinski definition) is 1. The van der Waals surface area contributed by atoms with Gasteiger partial charge < -0.3 is 4.74 Å². The quantitative estimate of drug-likeness (QED) is 0.850. The van der Waals surface area contributed by atoms with E-state index in [9.17, 15) is 4.79 Å². The maximum atomic E-state index is 11.8. The van der Waals surface area contributed by atoms with Gasteiger partial charge in [-0.15, -0.1) is 0 Å². The lowest BCUT2D eigenvalue weighted by Gasteiger charge is -2.14. The summed E-state index contributed by atoms with van der Waals surface area (Å²) in [6.45, 7) is 6.23. The van der Waals surface area contributed by atoms with Crippen LogP contribution in [0.15, 0.2) is 23.3 Å². The SMILES string of the molecule is Cc1ccc(C(C)C)c(OCC(=O)NN=C2CCSC2)c1. The monoisotopic (exact) mass is 306 g/mol. The maximum absolute atomic E-state index is 11.8. The van der Waals surface area contributed by atoms with E-state index in [4.69, 9.17) is 4.74 Å². The number of carbonyl (C=O) groups excluding carboxylic acids is 1. The van der Waals surface area contributed by atoms with Crippen molar-refractivity contribution >= 4 is 23.4 Å². The van der Waals surface area contributed by atoms with Crippen LogP contribution >= 0.6 is 11.8 Å². The number of hydrazone groups is 1. The summed E-state index contributed by atoms with van der Waals surface area (Å²) < 4.78 is 5.67. The highest BCUT2D eigenvalue weighted by molar-refractivity contribution is 8.00. The third-order valence-electron chi connectivity index (χ3n) is 3.29. The predicted octanol–water partition coefficient (Wildman–Crippen LogP) is 3.11. The van der Waals surface area contributed by atoms with Crippen molar-refractivity contribution in [1.29, 1.82) is 0 Å². The third kappa shape index (κ3) is 4.77. The largest absolute Gasteiger partial charge is 0.483 e. The summed E-state index contributed by atoms with van der Waals surface area (Å²) in [6.07, 6.45) is 0.960. The molecule has 4 nitrogen and oxygen atoms in total. The molecule has 0 saturated carbocycles. The average Bonchev–Trinajstić information content (AvgIpc) is 2.96. The number of amides is 1. The van der Waals surface area contributed by atoms with Gasteiger partial charge in [-0.05, 0) is 42.2 Å². The van der Waals surface area contributed by atoms with Crippen LogP contribution in [0.1, 0.15) is 37.3 Å². The molecule has 1 amide bonds. The molecule has 1 aliphatic heterocycles. The van der Waals surface area contributed by atoms with Gasteiger partial charge in [-0.25, -0.2) is 5.43 Å². The standard InChI is InChI=1S/C16H22N2O2S/c1-11(2)14-5-4-12(3)8-15(14)20-9-16(19)18-17-13-6-7-21-10-13/h4-5,8,11H,6-7,9-10H2,1-3H3,(H,18,19). The molecule has 0 aliphatic carbocycles. The van der Waals surface area contributed by atoms with Crippen LogP contribution < -0.4 is 10.2 Å². The summed E-state index contributed by atoms with van der Waals surface area (Å²) in [6, 6.07) is 6.09. The molecular formula is C16H22N2O2S. The first-order chi connectivity index (χ1) is 10.1. The van der Waals surface area contributed by atoms with E-state index in [2.05, 4.69) is 36.5 Å². The van der Waals surface area contributed by atoms with E-state index in [1.54, 1.807) is 0 Å². The number of nitrogens with one attached hydrogen (secondary N) is 1. The minimum Gasteiger partial charge on any atom is -0.483 e. The fraction of sp³-hybridized carbons (Fsp3) is 0.500. The van der Waals surface area contributed by atoms with E-state index in [0.717, 1.165) is 40.5 Å². The molecule has 0 atom stereocenters. The smallest absolute Gasteiger partial charge is 0.277 e. The highest BCUT2D eigenvalue weighted by atomic mass is 32.2. The van der Waals surface area contributed by atoms with Gasteiger partial charge in [-0.3, -0.25) is 4.79 Å². The van der Waals surface area contributed by atoms with E-state index in [0.29, 0.717) is 5.92 Å². The van der Waals surface area contributed by atoms with Gasteiger partial charge in [0.1, 0.15) is 5.75 Å². The molecule has 1 aliphatic rings. The number of benzene rings is 1. The number of carbonyl (C=O) groups is 1. The van der Waals surface area contributed by atoms with E-state index in [-0.39, 0.29) is 12.5 Å². The Hall–Kier alpha value is -1.49. The highest BCUT2D eigenvalue weighted by Crippen LogP contribution is 2.27. The summed E-state index contributed by atoms with van der Waals surface area (Å²) in [5.74, 6) is 2.93. The fourth-order valence-electron chi connectivity index (χ4n) is 2.10. The molecule has 1 fully saturated rings. The number of hydrogen-bond acceptors (Lipinski definition) is 4. The van der Waals surface area contributed by atoms with Crippen LogP contribution in [0.2, 0.25) is 0 Å². The number of aryl methyl sites for hydroxylation is 1. The number of ether oxygens (including phenoxy) is 1. The molecular weight excluding hydrogens is 284 g/mol. The number of rotatable bonds is 5. The third-order valence-corrected chi connectivity index (χ3v) is 4.32. The molecule has 0 radical (unpaired) electrons. The second-order valence-electron chi connectivity index (χ2n) is 5.50. The van der Waals surface area contributed by atoms with Gasteiger partial charge in [0, 0.05) is 11.5 Å². The van der Waals surface area contributed by atoms with Crippen molar-refractivity contribution < 1.29 is 9.53 Å². The normalized spacial score (nSPS) is 16.5. The minimum atomic E-state index is -0.212. The maximum Gasteiger partial charge on any atom is 0.277 e. The lowest BCUT2D eigenvalue weighted by atomic mass is 10.0. The topological polar surface area (TPSA) is 50.7 Å². The molecule has 5 heteroatoms. The fourth-order valence-corrected chi connectivity index (χ4v) is 3.07. The van der Waals surface area contributed by atoms with Crippen LogP contribution in [-0.4, -0.2) is 29.7 Å². The minimum absolute atomic E-state index is 0.00685. The molecule has 1 saturated heterocycles. The molecule has 1 aromatic carbocycles.